The Balaban J connectivity index is 1.43. The summed E-state index contributed by atoms with van der Waals surface area (Å²) >= 11 is 1.62. The molecule has 0 bridgehead atoms. The normalized spacial score (nSPS) is 17.2. The average molecular weight is 409 g/mol. The highest BCUT2D eigenvalue weighted by atomic mass is 32.2. The zero-order valence-corrected chi connectivity index (χ0v) is 17.4. The number of nitrogens with zero attached hydrogens (tertiary/aromatic N) is 4. The van der Waals surface area contributed by atoms with Crippen molar-refractivity contribution < 1.29 is 9.59 Å². The summed E-state index contributed by atoms with van der Waals surface area (Å²) in [5.41, 5.74) is 2.86. The quantitative estimate of drug-likeness (QED) is 0.607. The Bertz CT molecular complexity index is 1050. The largest absolute Gasteiger partial charge is 0.331 e. The number of hydrogen-bond donors (Lipinski definition) is 0. The van der Waals surface area contributed by atoms with Crippen LogP contribution < -0.4 is 4.90 Å². The number of para-hydroxylation sites is 3. The van der Waals surface area contributed by atoms with Crippen molar-refractivity contribution in [2.24, 2.45) is 0 Å². The Morgan fingerprint density at radius 1 is 1.17 bits per heavy atom. The van der Waals surface area contributed by atoms with Crippen molar-refractivity contribution in [2.75, 3.05) is 24.2 Å². The van der Waals surface area contributed by atoms with E-state index in [0.29, 0.717) is 19.5 Å². The summed E-state index contributed by atoms with van der Waals surface area (Å²) in [5, 5.41) is 0. The zero-order chi connectivity index (χ0) is 20.4. The molecule has 1 unspecified atom stereocenters. The van der Waals surface area contributed by atoms with Gasteiger partial charge in [0, 0.05) is 24.4 Å². The number of rotatable bonds is 5. The molecule has 0 spiro atoms. The van der Waals surface area contributed by atoms with Gasteiger partial charge in [0.05, 0.1) is 29.1 Å². The first-order chi connectivity index (χ1) is 14.1. The summed E-state index contributed by atoms with van der Waals surface area (Å²) in [6.07, 6.45) is 4.12. The van der Waals surface area contributed by atoms with Crippen LogP contribution in [0.1, 0.15) is 13.3 Å². The van der Waals surface area contributed by atoms with Crippen LogP contribution in [0.25, 0.3) is 11.0 Å². The number of imidazole rings is 1. The summed E-state index contributed by atoms with van der Waals surface area (Å²) in [7, 11) is 0. The number of benzene rings is 2. The van der Waals surface area contributed by atoms with E-state index in [4.69, 9.17) is 0 Å². The van der Waals surface area contributed by atoms with Crippen molar-refractivity contribution in [3.05, 3.63) is 54.9 Å². The zero-order valence-electron chi connectivity index (χ0n) is 16.6. The number of thioether (sulfide) groups is 1. The molecule has 1 aliphatic heterocycles. The van der Waals surface area contributed by atoms with Crippen molar-refractivity contribution in [2.45, 2.75) is 30.8 Å². The summed E-state index contributed by atoms with van der Waals surface area (Å²) in [5.74, 6) is -0.0348. The maximum Gasteiger partial charge on any atom is 0.246 e. The fourth-order valence-electron chi connectivity index (χ4n) is 3.90. The SMILES string of the molecule is CSc1ccccc1N1C(=O)CN(C(=O)CCn2cnc3ccccc32)CC1C. The Morgan fingerprint density at radius 2 is 1.93 bits per heavy atom. The molecule has 0 N–H and O–H groups in total. The van der Waals surface area contributed by atoms with Gasteiger partial charge >= 0.3 is 0 Å². The number of hydrogen-bond acceptors (Lipinski definition) is 4. The van der Waals surface area contributed by atoms with Crippen LogP contribution in [-0.2, 0) is 16.1 Å². The summed E-state index contributed by atoms with van der Waals surface area (Å²) in [6.45, 7) is 3.21. The minimum absolute atomic E-state index is 0.000725. The highest BCUT2D eigenvalue weighted by molar-refractivity contribution is 7.98. The van der Waals surface area contributed by atoms with Gasteiger partial charge in [0.15, 0.2) is 0 Å². The maximum absolute atomic E-state index is 12.9. The van der Waals surface area contributed by atoms with Gasteiger partial charge in [0.25, 0.3) is 0 Å². The fourth-order valence-corrected chi connectivity index (χ4v) is 4.49. The van der Waals surface area contributed by atoms with Crippen LogP contribution in [0, 0.1) is 0 Å². The number of anilines is 1. The van der Waals surface area contributed by atoms with E-state index >= 15 is 0 Å². The molecule has 1 fully saturated rings. The molecule has 0 aliphatic carbocycles. The van der Waals surface area contributed by atoms with Gasteiger partial charge in [-0.15, -0.1) is 11.8 Å². The van der Waals surface area contributed by atoms with Crippen molar-refractivity contribution in [1.82, 2.24) is 14.5 Å². The Hall–Kier alpha value is -2.80. The van der Waals surface area contributed by atoms with Gasteiger partial charge in [-0.1, -0.05) is 24.3 Å². The second-order valence-corrected chi connectivity index (χ2v) is 8.08. The molecular formula is C22H24N4O2S. The van der Waals surface area contributed by atoms with Crippen LogP contribution in [0.4, 0.5) is 5.69 Å². The average Bonchev–Trinajstić information content (AvgIpc) is 3.15. The van der Waals surface area contributed by atoms with Crippen molar-refractivity contribution in [3.8, 4) is 0 Å². The standard InChI is InChI=1S/C22H24N4O2S/c1-16-13-25(14-22(28)26(16)19-9-5-6-10-20(19)29-2)21(27)11-12-24-15-23-17-7-3-4-8-18(17)24/h3-10,15-16H,11-14H2,1-2H3. The van der Waals surface area contributed by atoms with Crippen molar-refractivity contribution >= 4 is 40.3 Å². The Kier molecular flexibility index (Phi) is 5.58. The number of carbonyl (C=O) groups is 2. The smallest absolute Gasteiger partial charge is 0.246 e. The van der Waals surface area contributed by atoms with Crippen LogP contribution in [0.2, 0.25) is 0 Å². The predicted octanol–water partition coefficient (Wildman–Crippen LogP) is 3.41. The molecular weight excluding hydrogens is 384 g/mol. The number of carbonyl (C=O) groups excluding carboxylic acids is 2. The molecule has 29 heavy (non-hydrogen) atoms. The molecule has 0 saturated carbocycles. The van der Waals surface area contributed by atoms with Gasteiger partial charge in [0.1, 0.15) is 6.54 Å². The van der Waals surface area contributed by atoms with Crippen LogP contribution in [0.3, 0.4) is 0 Å². The van der Waals surface area contributed by atoms with E-state index in [1.807, 2.05) is 71.2 Å². The maximum atomic E-state index is 12.9. The van der Waals surface area contributed by atoms with Crippen LogP contribution in [0.5, 0.6) is 0 Å². The number of amides is 2. The van der Waals surface area contributed by atoms with E-state index in [9.17, 15) is 9.59 Å². The molecule has 4 rings (SSSR count). The molecule has 0 radical (unpaired) electrons. The number of aryl methyl sites for hydroxylation is 1. The number of piperazine rings is 1. The molecule has 2 aromatic carbocycles. The predicted molar refractivity (Wildman–Crippen MR) is 116 cm³/mol. The Morgan fingerprint density at radius 3 is 2.72 bits per heavy atom. The second kappa shape index (κ2) is 8.29. The minimum atomic E-state index is -0.0671. The van der Waals surface area contributed by atoms with Gasteiger partial charge in [-0.05, 0) is 37.4 Å². The Labute approximate surface area is 174 Å². The van der Waals surface area contributed by atoms with Gasteiger partial charge < -0.3 is 14.4 Å². The second-order valence-electron chi connectivity index (χ2n) is 7.24. The summed E-state index contributed by atoms with van der Waals surface area (Å²) < 4.78 is 1.99. The molecule has 1 aliphatic rings. The topological polar surface area (TPSA) is 58.4 Å². The lowest BCUT2D eigenvalue weighted by Gasteiger charge is -2.40. The third-order valence-electron chi connectivity index (χ3n) is 5.31. The lowest BCUT2D eigenvalue weighted by molar-refractivity contribution is -0.137. The third kappa shape index (κ3) is 3.87. The first kappa shape index (κ1) is 19.5. The van der Waals surface area contributed by atoms with E-state index in [2.05, 4.69) is 4.98 Å². The molecule has 3 aromatic rings. The molecule has 1 saturated heterocycles. The number of aromatic nitrogens is 2. The summed E-state index contributed by atoms with van der Waals surface area (Å²) in [4.78, 5) is 34.7. The van der Waals surface area contributed by atoms with E-state index in [0.717, 1.165) is 21.6 Å². The first-order valence-electron chi connectivity index (χ1n) is 9.71. The van der Waals surface area contributed by atoms with Crippen LogP contribution >= 0.6 is 11.8 Å². The molecule has 6 nitrogen and oxygen atoms in total. The highest BCUT2D eigenvalue weighted by Gasteiger charge is 2.33. The number of fused-ring (bicyclic) bond motifs is 1. The van der Waals surface area contributed by atoms with E-state index < -0.39 is 0 Å². The lowest BCUT2D eigenvalue weighted by Crippen LogP contribution is -2.57. The monoisotopic (exact) mass is 408 g/mol. The van der Waals surface area contributed by atoms with Gasteiger partial charge in [-0.25, -0.2) is 4.98 Å². The van der Waals surface area contributed by atoms with E-state index in [1.165, 1.54) is 0 Å². The molecule has 1 aromatic heterocycles. The molecule has 2 amide bonds. The van der Waals surface area contributed by atoms with E-state index in [1.54, 1.807) is 23.0 Å². The molecule has 1 atom stereocenters. The third-order valence-corrected chi connectivity index (χ3v) is 6.10. The van der Waals surface area contributed by atoms with E-state index in [-0.39, 0.29) is 24.4 Å². The van der Waals surface area contributed by atoms with Crippen molar-refractivity contribution in [3.63, 3.8) is 0 Å². The summed E-state index contributed by atoms with van der Waals surface area (Å²) in [6, 6.07) is 15.7. The highest BCUT2D eigenvalue weighted by Crippen LogP contribution is 2.31. The fraction of sp³-hybridized carbons (Fsp3) is 0.318. The molecule has 150 valence electrons. The molecule has 2 heterocycles. The minimum Gasteiger partial charge on any atom is -0.331 e. The van der Waals surface area contributed by atoms with Gasteiger partial charge in [-0.3, -0.25) is 9.59 Å². The van der Waals surface area contributed by atoms with Crippen LogP contribution in [0.15, 0.2) is 59.8 Å². The first-order valence-corrected chi connectivity index (χ1v) is 10.9. The van der Waals surface area contributed by atoms with Gasteiger partial charge in [-0.2, -0.15) is 0 Å². The lowest BCUT2D eigenvalue weighted by atomic mass is 10.1. The van der Waals surface area contributed by atoms with Gasteiger partial charge in [0.2, 0.25) is 11.8 Å². The van der Waals surface area contributed by atoms with Crippen molar-refractivity contribution in [1.29, 1.82) is 0 Å². The van der Waals surface area contributed by atoms with Crippen LogP contribution in [-0.4, -0.2) is 51.7 Å². The molecule has 7 heteroatoms.